The molecular weight excluding hydrogens is 227 g/mol. The molecule has 0 aliphatic rings. The maximum Gasteiger partial charge on any atom is 0.303 e. The zero-order valence-corrected chi connectivity index (χ0v) is 9.35. The van der Waals surface area contributed by atoms with Gasteiger partial charge in [0.25, 0.3) is 0 Å². The number of aldehydes is 1. The molecule has 0 aliphatic carbocycles. The summed E-state index contributed by atoms with van der Waals surface area (Å²) in [6, 6.07) is 3.67. The van der Waals surface area contributed by atoms with Gasteiger partial charge in [0, 0.05) is 18.1 Å². The van der Waals surface area contributed by atoms with Crippen molar-refractivity contribution in [2.24, 2.45) is 0 Å². The monoisotopic (exact) mass is 240 g/mol. The first-order valence-electron chi connectivity index (χ1n) is 5.15. The largest absolute Gasteiger partial charge is 0.491 e. The van der Waals surface area contributed by atoms with Gasteiger partial charge in [-0.3, -0.25) is 9.59 Å². The molecule has 17 heavy (non-hydrogen) atoms. The van der Waals surface area contributed by atoms with E-state index in [1.807, 2.05) is 0 Å². The van der Waals surface area contributed by atoms with Crippen LogP contribution in [0.15, 0.2) is 18.2 Å². The highest BCUT2D eigenvalue weighted by atomic mass is 19.1. The van der Waals surface area contributed by atoms with Crippen LogP contribution in [0.5, 0.6) is 5.75 Å². The first-order chi connectivity index (χ1) is 8.01. The molecule has 0 spiro atoms. The quantitative estimate of drug-likeness (QED) is 0.775. The highest BCUT2D eigenvalue weighted by molar-refractivity contribution is 5.75. The lowest BCUT2D eigenvalue weighted by Gasteiger charge is -2.14. The van der Waals surface area contributed by atoms with Gasteiger partial charge in [0.05, 0.1) is 6.10 Å². The molecule has 0 fully saturated rings. The number of carboxylic acids is 1. The number of rotatable bonds is 6. The standard InChI is InChI=1S/C12H13FO4/c1-8(2-3-12(15)16)17-11-5-9(7-14)4-10(13)6-11/h4-8H,2-3H2,1H3,(H,15,16). The van der Waals surface area contributed by atoms with Gasteiger partial charge >= 0.3 is 5.97 Å². The van der Waals surface area contributed by atoms with E-state index in [9.17, 15) is 14.0 Å². The molecule has 0 bridgehead atoms. The number of carbonyl (C=O) groups is 2. The lowest BCUT2D eigenvalue weighted by atomic mass is 10.2. The molecule has 0 aliphatic heterocycles. The highest BCUT2D eigenvalue weighted by Gasteiger charge is 2.08. The lowest BCUT2D eigenvalue weighted by Crippen LogP contribution is -2.14. The van der Waals surface area contributed by atoms with Crippen LogP contribution in [0.2, 0.25) is 0 Å². The summed E-state index contributed by atoms with van der Waals surface area (Å²) in [7, 11) is 0. The second-order valence-corrected chi connectivity index (χ2v) is 3.70. The van der Waals surface area contributed by atoms with E-state index < -0.39 is 11.8 Å². The Kier molecular flexibility index (Phi) is 4.63. The van der Waals surface area contributed by atoms with Gasteiger partial charge in [-0.15, -0.1) is 0 Å². The van der Waals surface area contributed by atoms with Crippen molar-refractivity contribution in [3.8, 4) is 5.75 Å². The topological polar surface area (TPSA) is 63.6 Å². The smallest absolute Gasteiger partial charge is 0.303 e. The molecule has 0 heterocycles. The molecule has 1 rings (SSSR count). The van der Waals surface area contributed by atoms with Crippen LogP contribution in [0.1, 0.15) is 30.1 Å². The third-order valence-electron chi connectivity index (χ3n) is 2.13. The van der Waals surface area contributed by atoms with Crippen molar-refractivity contribution in [2.45, 2.75) is 25.9 Å². The molecule has 0 amide bonds. The summed E-state index contributed by atoms with van der Waals surface area (Å²) in [6.45, 7) is 1.69. The Morgan fingerprint density at radius 2 is 2.24 bits per heavy atom. The molecule has 0 saturated heterocycles. The molecule has 92 valence electrons. The van der Waals surface area contributed by atoms with Crippen LogP contribution in [-0.4, -0.2) is 23.5 Å². The van der Waals surface area contributed by atoms with Crippen molar-refractivity contribution < 1.29 is 23.8 Å². The van der Waals surface area contributed by atoms with Gasteiger partial charge in [-0.25, -0.2) is 4.39 Å². The summed E-state index contributed by atoms with van der Waals surface area (Å²) in [4.78, 5) is 20.9. The number of hydrogen-bond donors (Lipinski definition) is 1. The number of benzene rings is 1. The van der Waals surface area contributed by atoms with E-state index in [-0.39, 0.29) is 23.8 Å². The Morgan fingerprint density at radius 3 is 2.82 bits per heavy atom. The molecule has 1 aromatic carbocycles. The van der Waals surface area contributed by atoms with Gasteiger partial charge in [-0.1, -0.05) is 0 Å². The van der Waals surface area contributed by atoms with E-state index in [4.69, 9.17) is 9.84 Å². The average molecular weight is 240 g/mol. The number of carboxylic acid groups (broad SMARTS) is 1. The van der Waals surface area contributed by atoms with Crippen LogP contribution < -0.4 is 4.74 Å². The molecular formula is C12H13FO4. The minimum absolute atomic E-state index is 0.0168. The van der Waals surface area contributed by atoms with Crippen LogP contribution in [0.25, 0.3) is 0 Å². The van der Waals surface area contributed by atoms with Gasteiger partial charge in [0.15, 0.2) is 0 Å². The minimum Gasteiger partial charge on any atom is -0.491 e. The van der Waals surface area contributed by atoms with Gasteiger partial charge in [-0.05, 0) is 25.5 Å². The van der Waals surface area contributed by atoms with Gasteiger partial charge < -0.3 is 9.84 Å². The normalized spacial score (nSPS) is 11.9. The van der Waals surface area contributed by atoms with Crippen molar-refractivity contribution in [3.05, 3.63) is 29.6 Å². The van der Waals surface area contributed by atoms with Crippen LogP contribution >= 0.6 is 0 Å². The summed E-state index contributed by atoms with van der Waals surface area (Å²) in [5.74, 6) is -1.24. The second kappa shape index (κ2) is 5.98. The van der Waals surface area contributed by atoms with Crippen molar-refractivity contribution in [1.29, 1.82) is 0 Å². The fourth-order valence-corrected chi connectivity index (χ4v) is 1.34. The van der Waals surface area contributed by atoms with Gasteiger partial charge in [0.2, 0.25) is 0 Å². The van der Waals surface area contributed by atoms with E-state index in [1.165, 1.54) is 6.07 Å². The lowest BCUT2D eigenvalue weighted by molar-refractivity contribution is -0.137. The molecule has 1 unspecified atom stereocenters. The number of carbonyl (C=O) groups excluding carboxylic acids is 1. The Balaban J connectivity index is 2.64. The second-order valence-electron chi connectivity index (χ2n) is 3.70. The maximum atomic E-state index is 13.0. The fraction of sp³-hybridized carbons (Fsp3) is 0.333. The van der Waals surface area contributed by atoms with Gasteiger partial charge in [-0.2, -0.15) is 0 Å². The molecule has 1 atom stereocenters. The third-order valence-corrected chi connectivity index (χ3v) is 2.13. The SMILES string of the molecule is CC(CCC(=O)O)Oc1cc(F)cc(C=O)c1. The van der Waals surface area contributed by atoms with E-state index in [1.54, 1.807) is 6.92 Å². The molecule has 0 saturated carbocycles. The Hall–Kier alpha value is -1.91. The van der Waals surface area contributed by atoms with Crippen LogP contribution in [0.3, 0.4) is 0 Å². The summed E-state index contributed by atoms with van der Waals surface area (Å²) >= 11 is 0. The molecule has 5 heteroatoms. The molecule has 1 N–H and O–H groups in total. The molecule has 0 radical (unpaired) electrons. The van der Waals surface area contributed by atoms with E-state index in [2.05, 4.69) is 0 Å². The summed E-state index contributed by atoms with van der Waals surface area (Å²) in [5.41, 5.74) is 0.186. The molecule has 1 aromatic rings. The van der Waals surface area contributed by atoms with Crippen molar-refractivity contribution in [3.63, 3.8) is 0 Å². The first kappa shape index (κ1) is 13.2. The third kappa shape index (κ3) is 4.63. The van der Waals surface area contributed by atoms with E-state index >= 15 is 0 Å². The molecule has 4 nitrogen and oxygen atoms in total. The Bertz CT molecular complexity index is 417. The van der Waals surface area contributed by atoms with Crippen molar-refractivity contribution >= 4 is 12.3 Å². The summed E-state index contributed by atoms with van der Waals surface area (Å²) in [5, 5.41) is 8.49. The maximum absolute atomic E-state index is 13.0. The summed E-state index contributed by atoms with van der Waals surface area (Å²) in [6.07, 6.45) is 0.476. The Labute approximate surface area is 98.0 Å². The minimum atomic E-state index is -0.909. The Morgan fingerprint density at radius 1 is 1.53 bits per heavy atom. The van der Waals surface area contributed by atoms with E-state index in [0.717, 1.165) is 12.1 Å². The predicted octanol–water partition coefficient (Wildman–Crippen LogP) is 2.27. The predicted molar refractivity (Wildman–Crippen MR) is 58.7 cm³/mol. The number of ether oxygens (including phenoxy) is 1. The van der Waals surface area contributed by atoms with Crippen molar-refractivity contribution in [1.82, 2.24) is 0 Å². The van der Waals surface area contributed by atoms with Crippen LogP contribution in [-0.2, 0) is 4.79 Å². The zero-order chi connectivity index (χ0) is 12.8. The van der Waals surface area contributed by atoms with Crippen LogP contribution in [0, 0.1) is 5.82 Å². The average Bonchev–Trinajstić information content (AvgIpc) is 2.25. The number of aliphatic carboxylic acids is 1. The van der Waals surface area contributed by atoms with Crippen molar-refractivity contribution in [2.75, 3.05) is 0 Å². The zero-order valence-electron chi connectivity index (χ0n) is 9.35. The van der Waals surface area contributed by atoms with Gasteiger partial charge in [0.1, 0.15) is 17.9 Å². The fourth-order valence-electron chi connectivity index (χ4n) is 1.34. The van der Waals surface area contributed by atoms with E-state index in [0.29, 0.717) is 12.7 Å². The highest BCUT2D eigenvalue weighted by Crippen LogP contribution is 2.18. The number of hydrogen-bond acceptors (Lipinski definition) is 3. The van der Waals surface area contributed by atoms with Crippen LogP contribution in [0.4, 0.5) is 4.39 Å². The molecule has 0 aromatic heterocycles. The number of halogens is 1. The summed E-state index contributed by atoms with van der Waals surface area (Å²) < 4.78 is 18.4. The first-order valence-corrected chi connectivity index (χ1v) is 5.15.